The van der Waals surface area contributed by atoms with Crippen molar-refractivity contribution in [1.82, 2.24) is 0 Å². The summed E-state index contributed by atoms with van der Waals surface area (Å²) >= 11 is 5.96. The van der Waals surface area contributed by atoms with Crippen molar-refractivity contribution in [3.8, 4) is 11.1 Å². The Morgan fingerprint density at radius 3 is 2.37 bits per heavy atom. The van der Waals surface area contributed by atoms with Crippen molar-refractivity contribution in [3.63, 3.8) is 0 Å². The molecular weight excluding hydrogens is 260 g/mol. The summed E-state index contributed by atoms with van der Waals surface area (Å²) < 4.78 is 0. The van der Waals surface area contributed by atoms with Gasteiger partial charge in [-0.2, -0.15) is 0 Å². The molecule has 0 aliphatic heterocycles. The van der Waals surface area contributed by atoms with Crippen LogP contribution in [0.4, 0.5) is 0 Å². The van der Waals surface area contributed by atoms with Crippen LogP contribution in [-0.4, -0.2) is 11.1 Å². The van der Waals surface area contributed by atoms with Crippen LogP contribution in [0.1, 0.15) is 24.8 Å². The standard InChI is InChI=1S/C16H15ClO2/c1-2-15(16(18)19)12-8-6-11(7-9-12)13-4-3-5-14(17)10-13/h3-10,15H,2H2,1H3,(H,18,19). The van der Waals surface area contributed by atoms with E-state index in [2.05, 4.69) is 0 Å². The van der Waals surface area contributed by atoms with Crippen LogP contribution < -0.4 is 0 Å². The van der Waals surface area contributed by atoms with E-state index in [-0.39, 0.29) is 0 Å². The molecule has 98 valence electrons. The first-order chi connectivity index (χ1) is 9.11. The third-order valence-electron chi connectivity index (χ3n) is 3.18. The second-order valence-corrected chi connectivity index (χ2v) is 4.87. The van der Waals surface area contributed by atoms with E-state index in [1.807, 2.05) is 55.5 Å². The van der Waals surface area contributed by atoms with Crippen LogP contribution in [0.25, 0.3) is 11.1 Å². The van der Waals surface area contributed by atoms with E-state index in [4.69, 9.17) is 16.7 Å². The number of rotatable bonds is 4. The minimum atomic E-state index is -0.780. The van der Waals surface area contributed by atoms with Gasteiger partial charge >= 0.3 is 5.97 Å². The molecule has 0 fully saturated rings. The highest BCUT2D eigenvalue weighted by atomic mass is 35.5. The summed E-state index contributed by atoms with van der Waals surface area (Å²) in [5.41, 5.74) is 2.90. The van der Waals surface area contributed by atoms with E-state index in [1.165, 1.54) is 0 Å². The Bertz CT molecular complexity index is 576. The Kier molecular flexibility index (Phi) is 4.23. The van der Waals surface area contributed by atoms with Gasteiger partial charge in [-0.15, -0.1) is 0 Å². The summed E-state index contributed by atoms with van der Waals surface area (Å²) in [6.45, 7) is 1.88. The van der Waals surface area contributed by atoms with Crippen LogP contribution in [0.2, 0.25) is 5.02 Å². The van der Waals surface area contributed by atoms with E-state index in [1.54, 1.807) is 0 Å². The number of aliphatic carboxylic acids is 1. The second-order valence-electron chi connectivity index (χ2n) is 4.43. The average Bonchev–Trinajstić information content (AvgIpc) is 2.40. The highest BCUT2D eigenvalue weighted by Crippen LogP contribution is 2.26. The summed E-state index contributed by atoms with van der Waals surface area (Å²) in [7, 11) is 0. The van der Waals surface area contributed by atoms with Gasteiger partial charge in [0.2, 0.25) is 0 Å². The first kappa shape index (κ1) is 13.6. The fourth-order valence-corrected chi connectivity index (χ4v) is 2.32. The highest BCUT2D eigenvalue weighted by Gasteiger charge is 2.17. The topological polar surface area (TPSA) is 37.3 Å². The minimum Gasteiger partial charge on any atom is -0.481 e. The summed E-state index contributed by atoms with van der Waals surface area (Å²) in [5, 5.41) is 9.83. The Morgan fingerprint density at radius 1 is 1.16 bits per heavy atom. The number of carbonyl (C=O) groups is 1. The summed E-state index contributed by atoms with van der Waals surface area (Å²) in [4.78, 5) is 11.1. The predicted octanol–water partition coefficient (Wildman–Crippen LogP) is 4.59. The SMILES string of the molecule is CCC(C(=O)O)c1ccc(-c2cccc(Cl)c2)cc1. The highest BCUT2D eigenvalue weighted by molar-refractivity contribution is 6.30. The lowest BCUT2D eigenvalue weighted by atomic mass is 9.94. The van der Waals surface area contributed by atoms with Gasteiger partial charge in [-0.1, -0.05) is 54.9 Å². The van der Waals surface area contributed by atoms with Crippen molar-refractivity contribution < 1.29 is 9.90 Å². The lowest BCUT2D eigenvalue weighted by Gasteiger charge is -2.11. The number of carboxylic acid groups (broad SMARTS) is 1. The molecule has 1 N–H and O–H groups in total. The molecule has 0 saturated heterocycles. The summed E-state index contributed by atoms with van der Waals surface area (Å²) in [6, 6.07) is 15.2. The van der Waals surface area contributed by atoms with E-state index in [0.29, 0.717) is 11.4 Å². The van der Waals surface area contributed by atoms with Crippen molar-refractivity contribution >= 4 is 17.6 Å². The lowest BCUT2D eigenvalue weighted by Crippen LogP contribution is -2.10. The Hall–Kier alpha value is -1.80. The van der Waals surface area contributed by atoms with Gasteiger partial charge in [0.25, 0.3) is 0 Å². The number of carboxylic acids is 1. The summed E-state index contributed by atoms with van der Waals surface area (Å²) in [5.74, 6) is -1.22. The molecule has 19 heavy (non-hydrogen) atoms. The van der Waals surface area contributed by atoms with Gasteiger partial charge in [0.05, 0.1) is 5.92 Å². The van der Waals surface area contributed by atoms with Crippen LogP contribution >= 0.6 is 11.6 Å². The third-order valence-corrected chi connectivity index (χ3v) is 3.41. The fourth-order valence-electron chi connectivity index (χ4n) is 2.13. The molecule has 3 heteroatoms. The number of halogens is 1. The molecule has 0 aromatic heterocycles. The maximum atomic E-state index is 11.1. The number of hydrogen-bond donors (Lipinski definition) is 1. The zero-order valence-corrected chi connectivity index (χ0v) is 11.4. The molecule has 0 aliphatic rings. The third kappa shape index (κ3) is 3.15. The molecule has 0 saturated carbocycles. The predicted molar refractivity (Wildman–Crippen MR) is 77.6 cm³/mol. The van der Waals surface area contributed by atoms with Crippen molar-refractivity contribution in [2.75, 3.05) is 0 Å². The molecule has 0 bridgehead atoms. The van der Waals surface area contributed by atoms with E-state index in [0.717, 1.165) is 16.7 Å². The van der Waals surface area contributed by atoms with Gasteiger partial charge < -0.3 is 5.11 Å². The van der Waals surface area contributed by atoms with E-state index >= 15 is 0 Å². The quantitative estimate of drug-likeness (QED) is 0.886. The van der Waals surface area contributed by atoms with E-state index in [9.17, 15) is 4.79 Å². The first-order valence-electron chi connectivity index (χ1n) is 6.20. The summed E-state index contributed by atoms with van der Waals surface area (Å²) in [6.07, 6.45) is 0.589. The molecule has 0 aliphatic carbocycles. The van der Waals surface area contributed by atoms with Gasteiger partial charge in [-0.3, -0.25) is 4.79 Å². The number of benzene rings is 2. The Labute approximate surface area is 117 Å². The zero-order valence-electron chi connectivity index (χ0n) is 10.6. The van der Waals surface area contributed by atoms with Gasteiger partial charge in [0, 0.05) is 5.02 Å². The molecule has 0 spiro atoms. The van der Waals surface area contributed by atoms with Crippen LogP contribution in [0.3, 0.4) is 0 Å². The Morgan fingerprint density at radius 2 is 1.84 bits per heavy atom. The number of hydrogen-bond acceptors (Lipinski definition) is 1. The maximum absolute atomic E-state index is 11.1. The van der Waals surface area contributed by atoms with Crippen molar-refractivity contribution in [1.29, 1.82) is 0 Å². The van der Waals surface area contributed by atoms with E-state index < -0.39 is 11.9 Å². The van der Waals surface area contributed by atoms with Crippen molar-refractivity contribution in [2.24, 2.45) is 0 Å². The normalized spacial score (nSPS) is 12.1. The molecular formula is C16H15ClO2. The molecule has 0 heterocycles. The van der Waals surface area contributed by atoms with Gasteiger partial charge in [0.15, 0.2) is 0 Å². The molecule has 2 aromatic rings. The second kappa shape index (κ2) is 5.89. The van der Waals surface area contributed by atoms with Crippen LogP contribution in [0.5, 0.6) is 0 Å². The molecule has 2 rings (SSSR count). The fraction of sp³-hybridized carbons (Fsp3) is 0.188. The van der Waals surface area contributed by atoms with Crippen LogP contribution in [0.15, 0.2) is 48.5 Å². The van der Waals surface area contributed by atoms with Gasteiger partial charge in [0.1, 0.15) is 0 Å². The zero-order chi connectivity index (χ0) is 13.8. The monoisotopic (exact) mass is 274 g/mol. The lowest BCUT2D eigenvalue weighted by molar-refractivity contribution is -0.138. The average molecular weight is 275 g/mol. The first-order valence-corrected chi connectivity index (χ1v) is 6.58. The van der Waals surface area contributed by atoms with Crippen molar-refractivity contribution in [2.45, 2.75) is 19.3 Å². The van der Waals surface area contributed by atoms with Crippen LogP contribution in [-0.2, 0) is 4.79 Å². The molecule has 0 amide bonds. The molecule has 1 unspecified atom stereocenters. The van der Waals surface area contributed by atoms with Gasteiger partial charge in [-0.05, 0) is 35.2 Å². The van der Waals surface area contributed by atoms with Gasteiger partial charge in [-0.25, -0.2) is 0 Å². The molecule has 2 nitrogen and oxygen atoms in total. The smallest absolute Gasteiger partial charge is 0.310 e. The molecule has 0 radical (unpaired) electrons. The molecule has 2 aromatic carbocycles. The maximum Gasteiger partial charge on any atom is 0.310 e. The Balaban J connectivity index is 2.30. The van der Waals surface area contributed by atoms with Crippen molar-refractivity contribution in [3.05, 3.63) is 59.1 Å². The molecule has 1 atom stereocenters. The minimum absolute atomic E-state index is 0.437. The largest absolute Gasteiger partial charge is 0.481 e. The van der Waals surface area contributed by atoms with Crippen LogP contribution in [0, 0.1) is 0 Å².